The summed E-state index contributed by atoms with van der Waals surface area (Å²) in [5.41, 5.74) is 3.09. The molecule has 1 aliphatic rings. The van der Waals surface area contributed by atoms with Gasteiger partial charge in [0.15, 0.2) is 0 Å². The van der Waals surface area contributed by atoms with Crippen LogP contribution < -0.4 is 5.73 Å². The number of hydrogen-bond donors (Lipinski definition) is 2. The van der Waals surface area contributed by atoms with Gasteiger partial charge in [-0.25, -0.2) is 4.99 Å². The average Bonchev–Trinajstić information content (AvgIpc) is 2.59. The molecule has 1 unspecified atom stereocenters. The molecular formula is C13H14F2N3OPS. The Balaban J connectivity index is 2.47. The fraction of sp³-hybridized carbons (Fsp3) is 0.231. The third-order valence-corrected chi connectivity index (χ3v) is 3.82. The molecule has 0 bridgehead atoms. The van der Waals surface area contributed by atoms with E-state index in [2.05, 4.69) is 9.98 Å². The number of halogens is 2. The number of rotatable bonds is 2. The van der Waals surface area contributed by atoms with Crippen molar-refractivity contribution in [2.75, 3.05) is 12.8 Å². The fourth-order valence-electron chi connectivity index (χ4n) is 1.80. The van der Waals surface area contributed by atoms with Crippen LogP contribution in [0.5, 0.6) is 5.75 Å². The standard InChI is InChI=1S/C13H14F2N3OPS/c1-21-12-11(17-5-4-10(16)18-12)8-3-2-7(6-9(8)19)13(14,15)20/h2-4,6,19H,5,16,20H2,1H3. The van der Waals surface area contributed by atoms with Gasteiger partial charge in [0.25, 0.3) is 5.66 Å². The number of nitrogens with zero attached hydrogens (tertiary/aromatic N) is 2. The molecule has 0 aromatic heterocycles. The zero-order valence-electron chi connectivity index (χ0n) is 11.2. The Hall–Kier alpha value is -1.46. The molecule has 4 nitrogen and oxygen atoms in total. The first-order valence-electron chi connectivity index (χ1n) is 5.96. The van der Waals surface area contributed by atoms with Gasteiger partial charge in [0, 0.05) is 11.1 Å². The van der Waals surface area contributed by atoms with E-state index in [1.54, 1.807) is 12.3 Å². The Morgan fingerprint density at radius 2 is 2.14 bits per heavy atom. The summed E-state index contributed by atoms with van der Waals surface area (Å²) in [7, 11) is 1.44. The Morgan fingerprint density at radius 3 is 2.71 bits per heavy atom. The summed E-state index contributed by atoms with van der Waals surface area (Å²) < 4.78 is 26.5. The highest BCUT2D eigenvalue weighted by Gasteiger charge is 2.26. The normalized spacial score (nSPS) is 15.9. The molecule has 1 heterocycles. The number of nitrogens with two attached hydrogens (primary N) is 1. The molecule has 2 rings (SSSR count). The van der Waals surface area contributed by atoms with Gasteiger partial charge in [-0.1, -0.05) is 15.3 Å². The zero-order chi connectivity index (χ0) is 15.6. The zero-order valence-corrected chi connectivity index (χ0v) is 13.1. The van der Waals surface area contributed by atoms with E-state index in [9.17, 15) is 13.9 Å². The molecule has 1 aromatic carbocycles. The topological polar surface area (TPSA) is 71.0 Å². The maximum atomic E-state index is 13.2. The Bertz CT molecular complexity index is 653. The molecule has 112 valence electrons. The van der Waals surface area contributed by atoms with Gasteiger partial charge in [-0.3, -0.25) is 4.99 Å². The van der Waals surface area contributed by atoms with Crippen LogP contribution in [0.4, 0.5) is 8.78 Å². The van der Waals surface area contributed by atoms with Gasteiger partial charge in [0.2, 0.25) is 0 Å². The van der Waals surface area contributed by atoms with Crippen molar-refractivity contribution in [3.8, 4) is 5.75 Å². The lowest BCUT2D eigenvalue weighted by atomic mass is 10.1. The van der Waals surface area contributed by atoms with Gasteiger partial charge < -0.3 is 10.8 Å². The lowest BCUT2D eigenvalue weighted by Crippen LogP contribution is -2.14. The minimum atomic E-state index is -3.09. The second-order valence-electron chi connectivity index (χ2n) is 4.29. The molecule has 1 atom stereocenters. The van der Waals surface area contributed by atoms with Gasteiger partial charge >= 0.3 is 0 Å². The van der Waals surface area contributed by atoms with Crippen LogP contribution >= 0.6 is 21.0 Å². The summed E-state index contributed by atoms with van der Waals surface area (Å²) >= 11 is 1.32. The van der Waals surface area contributed by atoms with Gasteiger partial charge in [0.1, 0.15) is 22.3 Å². The van der Waals surface area contributed by atoms with Crippen molar-refractivity contribution in [2.45, 2.75) is 5.66 Å². The van der Waals surface area contributed by atoms with Crippen LogP contribution in [0.3, 0.4) is 0 Å². The van der Waals surface area contributed by atoms with E-state index in [4.69, 9.17) is 5.73 Å². The van der Waals surface area contributed by atoms with Crippen LogP contribution in [0.2, 0.25) is 0 Å². The van der Waals surface area contributed by atoms with E-state index in [-0.39, 0.29) is 11.3 Å². The summed E-state index contributed by atoms with van der Waals surface area (Å²) in [4.78, 5) is 8.49. The second-order valence-corrected chi connectivity index (χ2v) is 5.81. The van der Waals surface area contributed by atoms with Crippen molar-refractivity contribution >= 4 is 31.8 Å². The fourth-order valence-corrected chi connectivity index (χ4v) is 2.54. The molecular weight excluding hydrogens is 315 g/mol. The summed E-state index contributed by atoms with van der Waals surface area (Å²) in [5, 5.41) is 10.6. The lowest BCUT2D eigenvalue weighted by molar-refractivity contribution is 0.103. The van der Waals surface area contributed by atoms with Crippen LogP contribution in [0.15, 0.2) is 40.1 Å². The van der Waals surface area contributed by atoms with E-state index < -0.39 is 5.66 Å². The first-order chi connectivity index (χ1) is 9.82. The Labute approximate surface area is 127 Å². The van der Waals surface area contributed by atoms with E-state index in [0.29, 0.717) is 28.7 Å². The first kappa shape index (κ1) is 15.9. The molecule has 1 aromatic rings. The lowest BCUT2D eigenvalue weighted by Gasteiger charge is -2.14. The number of alkyl halides is 2. The number of benzene rings is 1. The van der Waals surface area contributed by atoms with Crippen molar-refractivity contribution in [3.05, 3.63) is 41.2 Å². The van der Waals surface area contributed by atoms with Crippen molar-refractivity contribution in [3.63, 3.8) is 0 Å². The molecule has 0 aliphatic carbocycles. The van der Waals surface area contributed by atoms with Crippen LogP contribution in [0.25, 0.3) is 0 Å². The van der Waals surface area contributed by atoms with Crippen molar-refractivity contribution in [1.29, 1.82) is 0 Å². The number of phenolic OH excluding ortho intramolecular Hbond substituents is 1. The van der Waals surface area contributed by atoms with E-state index in [1.807, 2.05) is 0 Å². The molecule has 8 heteroatoms. The minimum absolute atomic E-state index is 0.268. The predicted octanol–water partition coefficient (Wildman–Crippen LogP) is 2.68. The van der Waals surface area contributed by atoms with Crippen molar-refractivity contribution < 1.29 is 13.9 Å². The molecule has 0 saturated heterocycles. The molecule has 0 radical (unpaired) electrons. The summed E-state index contributed by atoms with van der Waals surface area (Å²) in [5.74, 6) is 0.0706. The molecule has 0 spiro atoms. The number of aliphatic imine (C=N–C) groups is 2. The highest BCUT2D eigenvalue weighted by molar-refractivity contribution is 8.15. The maximum Gasteiger partial charge on any atom is 0.284 e. The van der Waals surface area contributed by atoms with Gasteiger partial charge in [-0.15, -0.1) is 11.8 Å². The van der Waals surface area contributed by atoms with Crippen LogP contribution in [0, 0.1) is 0 Å². The van der Waals surface area contributed by atoms with Crippen LogP contribution in [-0.2, 0) is 5.66 Å². The summed E-state index contributed by atoms with van der Waals surface area (Å²) in [6.07, 6.45) is 3.45. The van der Waals surface area contributed by atoms with Crippen molar-refractivity contribution in [2.24, 2.45) is 15.7 Å². The SMILES string of the molecule is CSC1=NC(N)=CCN=C1c1ccc(C(F)(F)P)cc1O. The summed E-state index contributed by atoms with van der Waals surface area (Å²) in [6, 6.07) is 3.70. The smallest absolute Gasteiger partial charge is 0.284 e. The average molecular weight is 329 g/mol. The van der Waals surface area contributed by atoms with Gasteiger partial charge in [0.05, 0.1) is 6.54 Å². The largest absolute Gasteiger partial charge is 0.507 e. The monoisotopic (exact) mass is 329 g/mol. The third kappa shape index (κ3) is 3.60. The quantitative estimate of drug-likeness (QED) is 0.820. The number of aromatic hydroxyl groups is 1. The van der Waals surface area contributed by atoms with E-state index in [0.717, 1.165) is 6.07 Å². The second kappa shape index (κ2) is 6.12. The molecule has 3 N–H and O–H groups in total. The van der Waals surface area contributed by atoms with Crippen LogP contribution in [-0.4, -0.2) is 28.7 Å². The van der Waals surface area contributed by atoms with E-state index >= 15 is 0 Å². The van der Waals surface area contributed by atoms with Gasteiger partial charge in [-0.05, 0) is 24.5 Å². The molecule has 1 aliphatic heterocycles. The Morgan fingerprint density at radius 1 is 1.43 bits per heavy atom. The van der Waals surface area contributed by atoms with Crippen molar-refractivity contribution in [1.82, 2.24) is 0 Å². The summed E-state index contributed by atoms with van der Waals surface area (Å²) in [6.45, 7) is 0.315. The first-order valence-corrected chi connectivity index (χ1v) is 7.77. The molecule has 0 amide bonds. The van der Waals surface area contributed by atoms with Gasteiger partial charge in [-0.2, -0.15) is 8.78 Å². The number of hydrogen-bond acceptors (Lipinski definition) is 5. The minimum Gasteiger partial charge on any atom is -0.507 e. The maximum absolute atomic E-state index is 13.2. The molecule has 0 saturated carbocycles. The van der Waals surface area contributed by atoms with E-state index in [1.165, 1.54) is 33.1 Å². The number of thioether (sulfide) groups is 1. The Kier molecular flexibility index (Phi) is 4.64. The predicted molar refractivity (Wildman–Crippen MR) is 86.3 cm³/mol. The third-order valence-electron chi connectivity index (χ3n) is 2.81. The number of phenols is 1. The molecule has 0 fully saturated rings. The highest BCUT2D eigenvalue weighted by atomic mass is 32.2. The molecule has 21 heavy (non-hydrogen) atoms. The highest BCUT2D eigenvalue weighted by Crippen LogP contribution is 2.37. The van der Waals surface area contributed by atoms with Crippen LogP contribution in [0.1, 0.15) is 11.1 Å².